The number of rotatable bonds is 7. The maximum atomic E-state index is 13.6. The molecule has 0 atom stereocenters. The molecule has 1 aromatic heterocycles. The van der Waals surface area contributed by atoms with Crippen molar-refractivity contribution in [2.45, 2.75) is 32.7 Å². The monoisotopic (exact) mass is 283 g/mol. The number of imidazole rings is 1. The second-order valence-electron chi connectivity index (χ2n) is 4.70. The van der Waals surface area contributed by atoms with Crippen molar-refractivity contribution in [3.05, 3.63) is 23.8 Å². The van der Waals surface area contributed by atoms with Gasteiger partial charge in [0.2, 0.25) is 5.95 Å². The molecule has 6 heteroatoms. The zero-order chi connectivity index (χ0) is 14.5. The molecular weight excluding hydrogens is 264 g/mol. The van der Waals surface area contributed by atoms with Gasteiger partial charge in [0.15, 0.2) is 5.82 Å². The molecule has 0 spiro atoms. The second-order valence-corrected chi connectivity index (χ2v) is 4.70. The van der Waals surface area contributed by atoms with E-state index in [-0.39, 0.29) is 11.5 Å². The molecule has 0 saturated heterocycles. The number of unbranched alkanes of at least 4 members (excludes halogenated alkanes) is 1. The highest BCUT2D eigenvalue weighted by Gasteiger charge is 2.13. The van der Waals surface area contributed by atoms with Crippen LogP contribution in [0.5, 0.6) is 0 Å². The number of halogens is 2. The van der Waals surface area contributed by atoms with Gasteiger partial charge in [-0.3, -0.25) is 0 Å². The van der Waals surface area contributed by atoms with Crippen molar-refractivity contribution in [2.24, 2.45) is 0 Å². The smallest absolute Gasteiger partial charge is 0.201 e. The van der Waals surface area contributed by atoms with E-state index in [2.05, 4.69) is 11.9 Å². The number of nitrogens with zero attached hydrogens (tertiary/aromatic N) is 2. The first-order valence-corrected chi connectivity index (χ1v) is 6.82. The molecule has 0 amide bonds. The van der Waals surface area contributed by atoms with Crippen LogP contribution in [-0.2, 0) is 11.3 Å². The predicted octanol–water partition coefficient (Wildman–Crippen LogP) is 3.10. The Kier molecular flexibility index (Phi) is 4.89. The number of aryl methyl sites for hydroxylation is 1. The Labute approximate surface area is 116 Å². The molecule has 4 nitrogen and oxygen atoms in total. The first-order valence-electron chi connectivity index (χ1n) is 6.82. The molecule has 0 radical (unpaired) electrons. The molecule has 20 heavy (non-hydrogen) atoms. The minimum atomic E-state index is -0.690. The third-order valence-corrected chi connectivity index (χ3v) is 3.11. The van der Waals surface area contributed by atoms with Crippen LogP contribution in [-0.4, -0.2) is 22.8 Å². The average Bonchev–Trinajstić information content (AvgIpc) is 2.71. The highest BCUT2D eigenvalue weighted by atomic mass is 19.1. The number of hydrogen-bond donors (Lipinski definition) is 1. The summed E-state index contributed by atoms with van der Waals surface area (Å²) in [5.74, 6) is -1.13. The predicted molar refractivity (Wildman–Crippen MR) is 74.4 cm³/mol. The minimum Gasteiger partial charge on any atom is -0.381 e. The first kappa shape index (κ1) is 14.7. The lowest BCUT2D eigenvalue weighted by atomic mass is 10.3. The number of nitrogens with two attached hydrogens (primary N) is 1. The van der Waals surface area contributed by atoms with Crippen LogP contribution in [0.3, 0.4) is 0 Å². The van der Waals surface area contributed by atoms with Gasteiger partial charge in [-0.2, -0.15) is 0 Å². The fourth-order valence-corrected chi connectivity index (χ4v) is 2.08. The van der Waals surface area contributed by atoms with E-state index in [0.717, 1.165) is 31.9 Å². The summed E-state index contributed by atoms with van der Waals surface area (Å²) in [5.41, 5.74) is 6.25. The molecule has 0 aliphatic carbocycles. The number of hydrogen-bond acceptors (Lipinski definition) is 3. The fraction of sp³-hybridized carbons (Fsp3) is 0.500. The molecule has 0 fully saturated rings. The van der Waals surface area contributed by atoms with Crippen LogP contribution < -0.4 is 5.73 Å². The van der Waals surface area contributed by atoms with Crippen molar-refractivity contribution in [1.29, 1.82) is 0 Å². The Morgan fingerprint density at radius 3 is 2.75 bits per heavy atom. The third-order valence-electron chi connectivity index (χ3n) is 3.11. The van der Waals surface area contributed by atoms with E-state index in [9.17, 15) is 8.78 Å². The minimum absolute atomic E-state index is 0.107. The normalized spacial score (nSPS) is 11.3. The lowest BCUT2D eigenvalue weighted by molar-refractivity contribution is 0.126. The van der Waals surface area contributed by atoms with Crippen molar-refractivity contribution >= 4 is 17.0 Å². The van der Waals surface area contributed by atoms with E-state index < -0.39 is 11.6 Å². The molecule has 2 N–H and O–H groups in total. The van der Waals surface area contributed by atoms with E-state index in [0.29, 0.717) is 18.7 Å². The van der Waals surface area contributed by atoms with Crippen molar-refractivity contribution in [2.75, 3.05) is 18.9 Å². The first-order chi connectivity index (χ1) is 9.63. The van der Waals surface area contributed by atoms with Crippen molar-refractivity contribution in [3.63, 3.8) is 0 Å². The summed E-state index contributed by atoms with van der Waals surface area (Å²) in [6, 6.07) is 2.06. The van der Waals surface area contributed by atoms with Crippen LogP contribution in [0.4, 0.5) is 14.7 Å². The Morgan fingerprint density at radius 2 is 2.00 bits per heavy atom. The number of ether oxygens (including phenoxy) is 1. The van der Waals surface area contributed by atoms with Gasteiger partial charge in [0, 0.05) is 31.9 Å². The summed E-state index contributed by atoms with van der Waals surface area (Å²) in [7, 11) is 0. The van der Waals surface area contributed by atoms with Gasteiger partial charge >= 0.3 is 0 Å². The van der Waals surface area contributed by atoms with Gasteiger partial charge in [-0.1, -0.05) is 13.3 Å². The van der Waals surface area contributed by atoms with Gasteiger partial charge < -0.3 is 15.0 Å². The van der Waals surface area contributed by atoms with Crippen LogP contribution in [0.1, 0.15) is 26.2 Å². The van der Waals surface area contributed by atoms with Gasteiger partial charge in [-0.15, -0.1) is 0 Å². The van der Waals surface area contributed by atoms with Crippen LogP contribution in [0.2, 0.25) is 0 Å². The maximum absolute atomic E-state index is 13.6. The lowest BCUT2D eigenvalue weighted by Crippen LogP contribution is -2.06. The Balaban J connectivity index is 2.04. The number of fused-ring (bicyclic) bond motifs is 1. The van der Waals surface area contributed by atoms with E-state index in [1.165, 1.54) is 6.07 Å². The van der Waals surface area contributed by atoms with E-state index in [1.807, 2.05) is 0 Å². The van der Waals surface area contributed by atoms with Crippen LogP contribution >= 0.6 is 0 Å². The number of benzene rings is 1. The van der Waals surface area contributed by atoms with Crippen molar-refractivity contribution < 1.29 is 13.5 Å². The molecule has 0 saturated carbocycles. The largest absolute Gasteiger partial charge is 0.381 e. The van der Waals surface area contributed by atoms with E-state index in [1.54, 1.807) is 4.57 Å². The summed E-state index contributed by atoms with van der Waals surface area (Å²) < 4.78 is 33.9. The highest BCUT2D eigenvalue weighted by molar-refractivity contribution is 5.79. The number of aromatic nitrogens is 2. The van der Waals surface area contributed by atoms with Gasteiger partial charge in [0.25, 0.3) is 0 Å². The summed E-state index contributed by atoms with van der Waals surface area (Å²) >= 11 is 0. The quantitative estimate of drug-likeness (QED) is 0.794. The van der Waals surface area contributed by atoms with Crippen LogP contribution in [0.25, 0.3) is 11.0 Å². The zero-order valence-corrected chi connectivity index (χ0v) is 11.5. The highest BCUT2D eigenvalue weighted by Crippen LogP contribution is 2.22. The molecule has 2 rings (SSSR count). The Bertz CT molecular complexity index is 583. The molecule has 110 valence electrons. The number of anilines is 1. The van der Waals surface area contributed by atoms with Crippen molar-refractivity contribution in [1.82, 2.24) is 9.55 Å². The Hall–Kier alpha value is -1.69. The standard InChI is InChI=1S/C14H19F2N3O/c1-2-3-6-20-7-4-5-19-12-9-10(15)8-11(16)13(12)18-14(19)17/h8-9H,2-7H2,1H3,(H2,17,18). The molecule has 0 bridgehead atoms. The summed E-state index contributed by atoms with van der Waals surface area (Å²) in [6.45, 7) is 3.96. The molecule has 1 heterocycles. The van der Waals surface area contributed by atoms with Crippen molar-refractivity contribution in [3.8, 4) is 0 Å². The number of nitrogen functional groups attached to an aromatic ring is 1. The average molecular weight is 283 g/mol. The Morgan fingerprint density at radius 1 is 1.25 bits per heavy atom. The molecule has 0 aliphatic heterocycles. The van der Waals surface area contributed by atoms with Gasteiger partial charge in [-0.25, -0.2) is 13.8 Å². The summed E-state index contributed by atoms with van der Waals surface area (Å²) in [4.78, 5) is 3.94. The SMILES string of the molecule is CCCCOCCCn1c(N)nc2c(F)cc(F)cc21. The second kappa shape index (κ2) is 6.65. The maximum Gasteiger partial charge on any atom is 0.201 e. The van der Waals surface area contributed by atoms with Crippen LogP contribution in [0.15, 0.2) is 12.1 Å². The third kappa shape index (κ3) is 3.25. The van der Waals surface area contributed by atoms with Gasteiger partial charge in [0.1, 0.15) is 11.3 Å². The molecule has 2 aromatic rings. The lowest BCUT2D eigenvalue weighted by Gasteiger charge is -2.07. The zero-order valence-electron chi connectivity index (χ0n) is 11.5. The summed E-state index contributed by atoms with van der Waals surface area (Å²) in [6.07, 6.45) is 2.85. The molecule has 0 unspecified atom stereocenters. The van der Waals surface area contributed by atoms with E-state index in [4.69, 9.17) is 10.5 Å². The topological polar surface area (TPSA) is 53.1 Å². The van der Waals surface area contributed by atoms with E-state index >= 15 is 0 Å². The fourth-order valence-electron chi connectivity index (χ4n) is 2.08. The van der Waals surface area contributed by atoms with Gasteiger partial charge in [-0.05, 0) is 12.8 Å². The molecule has 1 aromatic carbocycles. The van der Waals surface area contributed by atoms with Gasteiger partial charge in [0.05, 0.1) is 5.52 Å². The molecular formula is C14H19F2N3O. The summed E-state index contributed by atoms with van der Waals surface area (Å²) in [5, 5.41) is 0. The molecule has 0 aliphatic rings. The van der Waals surface area contributed by atoms with Crippen LogP contribution in [0, 0.1) is 11.6 Å².